The van der Waals surface area contributed by atoms with Crippen molar-refractivity contribution in [2.24, 2.45) is 11.8 Å². The van der Waals surface area contributed by atoms with E-state index in [-0.39, 0.29) is 35.6 Å². The lowest BCUT2D eigenvalue weighted by Crippen LogP contribution is -2.47. The Morgan fingerprint density at radius 3 is 2.46 bits per heavy atom. The maximum Gasteiger partial charge on any atom is 0.226 e. The van der Waals surface area contributed by atoms with Gasteiger partial charge in [0, 0.05) is 36.0 Å². The van der Waals surface area contributed by atoms with Gasteiger partial charge in [-0.1, -0.05) is 29.8 Å². The molecule has 1 aliphatic heterocycles. The second-order valence-corrected chi connectivity index (χ2v) is 7.76. The second-order valence-electron chi connectivity index (χ2n) is 7.35. The number of benzene rings is 1. The minimum Gasteiger partial charge on any atom is -0.353 e. The third-order valence-corrected chi connectivity index (χ3v) is 5.86. The van der Waals surface area contributed by atoms with E-state index in [0.717, 1.165) is 55.8 Å². The van der Waals surface area contributed by atoms with Crippen LogP contribution in [0.3, 0.4) is 0 Å². The van der Waals surface area contributed by atoms with Crippen molar-refractivity contribution in [3.8, 4) is 0 Å². The van der Waals surface area contributed by atoms with E-state index in [2.05, 4.69) is 5.32 Å². The minimum absolute atomic E-state index is 0.0857. The molecule has 3 aliphatic rings. The molecule has 2 saturated carbocycles. The molecule has 3 fully saturated rings. The van der Waals surface area contributed by atoms with Gasteiger partial charge in [-0.2, -0.15) is 0 Å². The molecule has 1 saturated heterocycles. The van der Waals surface area contributed by atoms with Crippen molar-refractivity contribution in [2.45, 2.75) is 44.1 Å². The molecule has 2 amide bonds. The van der Waals surface area contributed by atoms with Crippen LogP contribution in [-0.2, 0) is 9.59 Å². The molecule has 1 heterocycles. The van der Waals surface area contributed by atoms with Crippen LogP contribution in [0.2, 0.25) is 5.02 Å². The Morgan fingerprint density at radius 2 is 1.79 bits per heavy atom. The van der Waals surface area contributed by atoms with Crippen LogP contribution in [0.1, 0.15) is 43.6 Å². The van der Waals surface area contributed by atoms with Crippen molar-refractivity contribution in [1.82, 2.24) is 10.2 Å². The Kier molecular flexibility index (Phi) is 4.25. The van der Waals surface area contributed by atoms with Gasteiger partial charge in [-0.15, -0.1) is 0 Å². The van der Waals surface area contributed by atoms with Crippen LogP contribution in [0.4, 0.5) is 0 Å². The highest BCUT2D eigenvalue weighted by molar-refractivity contribution is 6.31. The molecule has 4 nitrogen and oxygen atoms in total. The second kappa shape index (κ2) is 6.40. The molecular formula is C19H23ClN2O2. The molecule has 0 bridgehead atoms. The molecule has 128 valence electrons. The first kappa shape index (κ1) is 15.9. The minimum atomic E-state index is 0.0857. The number of amides is 2. The fraction of sp³-hybridized carbons (Fsp3) is 0.579. The molecule has 0 spiro atoms. The normalized spacial score (nSPS) is 27.0. The van der Waals surface area contributed by atoms with Crippen LogP contribution in [0.15, 0.2) is 24.3 Å². The predicted octanol–water partition coefficient (Wildman–Crippen LogP) is 2.96. The number of nitrogens with one attached hydrogen (secondary N) is 1. The monoisotopic (exact) mass is 346 g/mol. The molecule has 1 aromatic rings. The molecule has 5 heteroatoms. The maximum absolute atomic E-state index is 12.7. The molecule has 1 N–H and O–H groups in total. The summed E-state index contributed by atoms with van der Waals surface area (Å²) >= 11 is 6.25. The topological polar surface area (TPSA) is 49.4 Å². The largest absolute Gasteiger partial charge is 0.353 e. The average molecular weight is 347 g/mol. The lowest BCUT2D eigenvalue weighted by Gasteiger charge is -2.32. The van der Waals surface area contributed by atoms with Gasteiger partial charge in [0.1, 0.15) is 0 Å². The predicted molar refractivity (Wildman–Crippen MR) is 92.8 cm³/mol. The Morgan fingerprint density at radius 1 is 1.08 bits per heavy atom. The van der Waals surface area contributed by atoms with E-state index in [1.807, 2.05) is 29.2 Å². The Hall–Kier alpha value is -1.55. The fourth-order valence-electron chi connectivity index (χ4n) is 3.73. The summed E-state index contributed by atoms with van der Waals surface area (Å²) in [5.74, 6) is 1.08. The number of carbonyl (C=O) groups excluding carboxylic acids is 2. The number of carbonyl (C=O) groups is 2. The van der Waals surface area contributed by atoms with Gasteiger partial charge in [-0.3, -0.25) is 9.59 Å². The van der Waals surface area contributed by atoms with Crippen LogP contribution in [-0.4, -0.2) is 35.8 Å². The van der Waals surface area contributed by atoms with Crippen LogP contribution in [0.25, 0.3) is 0 Å². The first-order valence-corrected chi connectivity index (χ1v) is 9.35. The van der Waals surface area contributed by atoms with Gasteiger partial charge in [-0.05, 0) is 49.7 Å². The summed E-state index contributed by atoms with van der Waals surface area (Å²) in [7, 11) is 0. The zero-order valence-corrected chi connectivity index (χ0v) is 14.5. The number of likely N-dealkylation sites (tertiary alicyclic amines) is 1. The molecule has 0 aromatic heterocycles. The van der Waals surface area contributed by atoms with Crippen molar-refractivity contribution < 1.29 is 9.59 Å². The summed E-state index contributed by atoms with van der Waals surface area (Å²) < 4.78 is 0. The number of halogens is 1. The van der Waals surface area contributed by atoms with Crippen molar-refractivity contribution in [2.75, 3.05) is 13.1 Å². The fourth-order valence-corrected chi connectivity index (χ4v) is 4.01. The van der Waals surface area contributed by atoms with Crippen LogP contribution >= 0.6 is 11.6 Å². The van der Waals surface area contributed by atoms with Crippen LogP contribution in [0, 0.1) is 11.8 Å². The molecule has 24 heavy (non-hydrogen) atoms. The highest BCUT2D eigenvalue weighted by Gasteiger charge is 2.47. The number of hydrogen-bond acceptors (Lipinski definition) is 2. The smallest absolute Gasteiger partial charge is 0.226 e. The van der Waals surface area contributed by atoms with Crippen molar-refractivity contribution >= 4 is 23.4 Å². The standard InChI is InChI=1S/C19H23ClN2O2/c20-17-4-2-1-3-14(17)15-11-16(15)19(24)22-9-7-13(8-10-22)21-18(23)12-5-6-12/h1-4,12-13,15-16H,5-11H2,(H,21,23)/t15-,16-/m0/s1. The highest BCUT2D eigenvalue weighted by atomic mass is 35.5. The first-order chi connectivity index (χ1) is 11.6. The van der Waals surface area contributed by atoms with E-state index in [0.29, 0.717) is 0 Å². The van der Waals surface area contributed by atoms with Crippen LogP contribution in [0.5, 0.6) is 0 Å². The summed E-state index contributed by atoms with van der Waals surface area (Å²) in [5.41, 5.74) is 1.10. The third-order valence-electron chi connectivity index (χ3n) is 5.51. The SMILES string of the molecule is O=C(NC1CCN(C(=O)[C@H]2C[C@H]2c2ccccc2Cl)CC1)C1CC1. The van der Waals surface area contributed by atoms with Crippen molar-refractivity contribution in [1.29, 1.82) is 0 Å². The van der Waals surface area contributed by atoms with E-state index in [1.54, 1.807) is 0 Å². The van der Waals surface area contributed by atoms with E-state index in [1.165, 1.54) is 0 Å². The Balaban J connectivity index is 1.28. The van der Waals surface area contributed by atoms with Gasteiger partial charge < -0.3 is 10.2 Å². The molecule has 2 aliphatic carbocycles. The Labute approximate surface area is 147 Å². The molecule has 4 rings (SSSR count). The quantitative estimate of drug-likeness (QED) is 0.911. The molecule has 1 aromatic carbocycles. The summed E-state index contributed by atoms with van der Waals surface area (Å²) in [6.07, 6.45) is 4.71. The van der Waals surface area contributed by atoms with E-state index in [9.17, 15) is 9.59 Å². The summed E-state index contributed by atoms with van der Waals surface area (Å²) in [5, 5.41) is 3.90. The van der Waals surface area contributed by atoms with Crippen molar-refractivity contribution in [3.05, 3.63) is 34.9 Å². The van der Waals surface area contributed by atoms with Crippen molar-refractivity contribution in [3.63, 3.8) is 0 Å². The van der Waals surface area contributed by atoms with E-state index < -0.39 is 0 Å². The summed E-state index contributed by atoms with van der Waals surface area (Å²) in [6, 6.07) is 8.06. The number of nitrogens with zero attached hydrogens (tertiary/aromatic N) is 1. The highest BCUT2D eigenvalue weighted by Crippen LogP contribution is 2.50. The molecular weight excluding hydrogens is 324 g/mol. The van der Waals surface area contributed by atoms with Gasteiger partial charge in [0.2, 0.25) is 11.8 Å². The van der Waals surface area contributed by atoms with E-state index in [4.69, 9.17) is 11.6 Å². The lowest BCUT2D eigenvalue weighted by atomic mass is 10.0. The third kappa shape index (κ3) is 3.30. The maximum atomic E-state index is 12.7. The number of rotatable bonds is 4. The van der Waals surface area contributed by atoms with Crippen LogP contribution < -0.4 is 5.32 Å². The average Bonchev–Trinajstić information content (AvgIpc) is 3.48. The van der Waals surface area contributed by atoms with Gasteiger partial charge >= 0.3 is 0 Å². The van der Waals surface area contributed by atoms with Gasteiger partial charge in [-0.25, -0.2) is 0 Å². The summed E-state index contributed by atoms with van der Waals surface area (Å²) in [6.45, 7) is 1.50. The molecule has 2 atom stereocenters. The van der Waals surface area contributed by atoms with Gasteiger partial charge in [0.15, 0.2) is 0 Å². The lowest BCUT2D eigenvalue weighted by molar-refractivity contribution is -0.133. The van der Waals surface area contributed by atoms with Gasteiger partial charge in [0.05, 0.1) is 0 Å². The van der Waals surface area contributed by atoms with Gasteiger partial charge in [0.25, 0.3) is 0 Å². The molecule has 0 unspecified atom stereocenters. The number of piperidine rings is 1. The Bertz CT molecular complexity index is 651. The zero-order valence-electron chi connectivity index (χ0n) is 13.7. The first-order valence-electron chi connectivity index (χ1n) is 8.97. The van der Waals surface area contributed by atoms with E-state index >= 15 is 0 Å². The zero-order chi connectivity index (χ0) is 16.7. The molecule has 0 radical (unpaired) electrons. The summed E-state index contributed by atoms with van der Waals surface area (Å²) in [4.78, 5) is 26.5. The number of hydrogen-bond donors (Lipinski definition) is 1.